The third kappa shape index (κ3) is 2.79. The fraction of sp³-hybridized carbons (Fsp3) is 0.300. The van der Waals surface area contributed by atoms with Crippen LogP contribution in [0.3, 0.4) is 0 Å². The molecule has 0 aliphatic carbocycles. The van der Waals surface area contributed by atoms with Crippen molar-refractivity contribution in [2.24, 2.45) is 0 Å². The molecule has 94 valence electrons. The number of halogens is 4. The number of carbonyl (C=O) groups excluding carboxylic acids is 1. The van der Waals surface area contributed by atoms with E-state index in [-0.39, 0.29) is 23.0 Å². The third-order valence-electron chi connectivity index (χ3n) is 2.30. The van der Waals surface area contributed by atoms with Gasteiger partial charge in [-0.2, -0.15) is 0 Å². The maximum Gasteiger partial charge on any atom is 0.408 e. The Bertz CT molecular complexity index is 429. The zero-order valence-corrected chi connectivity index (χ0v) is 10.0. The molecule has 1 aliphatic rings. The summed E-state index contributed by atoms with van der Waals surface area (Å²) in [4.78, 5) is 10.9. The summed E-state index contributed by atoms with van der Waals surface area (Å²) in [7, 11) is 0. The van der Waals surface area contributed by atoms with Crippen LogP contribution in [0.1, 0.15) is 11.6 Å². The Morgan fingerprint density at radius 1 is 1.41 bits per heavy atom. The van der Waals surface area contributed by atoms with Crippen LogP contribution in [0.25, 0.3) is 0 Å². The number of cyclic esters (lactones) is 1. The highest BCUT2D eigenvalue weighted by Gasteiger charge is 2.47. The molecule has 0 spiro atoms. The van der Waals surface area contributed by atoms with Gasteiger partial charge in [0.05, 0.1) is 0 Å². The van der Waals surface area contributed by atoms with Gasteiger partial charge in [-0.15, -0.1) is 12.4 Å². The van der Waals surface area contributed by atoms with Gasteiger partial charge in [0.25, 0.3) is 0 Å². The van der Waals surface area contributed by atoms with Crippen molar-refractivity contribution >= 4 is 30.1 Å². The molecule has 1 aromatic rings. The van der Waals surface area contributed by atoms with E-state index in [1.807, 2.05) is 0 Å². The SMILES string of the molecule is Cl.O=C1N[C@@H](c2ccccc2Cl)C(F)(F)CO1. The number of carbonyl (C=O) groups is 1. The Morgan fingerprint density at radius 3 is 2.71 bits per heavy atom. The third-order valence-corrected chi connectivity index (χ3v) is 2.64. The average Bonchev–Trinajstić information content (AvgIpc) is 2.23. The maximum atomic E-state index is 13.5. The highest BCUT2D eigenvalue weighted by Crippen LogP contribution is 2.37. The van der Waals surface area contributed by atoms with Gasteiger partial charge in [-0.3, -0.25) is 0 Å². The number of rotatable bonds is 1. The van der Waals surface area contributed by atoms with Crippen LogP contribution in [-0.2, 0) is 4.74 Å². The zero-order valence-electron chi connectivity index (χ0n) is 8.45. The van der Waals surface area contributed by atoms with Crippen molar-refractivity contribution in [3.05, 3.63) is 34.9 Å². The van der Waals surface area contributed by atoms with Gasteiger partial charge < -0.3 is 10.1 Å². The van der Waals surface area contributed by atoms with Crippen LogP contribution < -0.4 is 5.32 Å². The normalized spacial score (nSPS) is 22.1. The second kappa shape index (κ2) is 5.06. The summed E-state index contributed by atoms with van der Waals surface area (Å²) < 4.78 is 31.3. The standard InChI is InChI=1S/C10H8ClF2NO2.ClH/c11-7-4-2-1-3-6(7)8-10(12,13)5-16-9(15)14-8;/h1-4,8H,5H2,(H,14,15);1H/t8-;/m0./s1. The fourth-order valence-corrected chi connectivity index (χ4v) is 1.77. The molecular formula is C10H9Cl2F2NO2. The smallest absolute Gasteiger partial charge is 0.408 e. The molecule has 0 radical (unpaired) electrons. The molecule has 3 nitrogen and oxygen atoms in total. The summed E-state index contributed by atoms with van der Waals surface area (Å²) in [6.07, 6.45) is -0.865. The summed E-state index contributed by atoms with van der Waals surface area (Å²) in [5.74, 6) is -3.17. The lowest BCUT2D eigenvalue weighted by Crippen LogP contribution is -2.49. The number of alkyl carbamates (subject to hydrolysis) is 1. The average molecular weight is 284 g/mol. The number of nitrogens with one attached hydrogen (secondary N) is 1. The number of hydrogen-bond acceptors (Lipinski definition) is 2. The first-order chi connectivity index (χ1) is 7.50. The van der Waals surface area contributed by atoms with Crippen LogP contribution in [0.2, 0.25) is 5.02 Å². The van der Waals surface area contributed by atoms with E-state index >= 15 is 0 Å². The van der Waals surface area contributed by atoms with Gasteiger partial charge in [0.1, 0.15) is 6.04 Å². The second-order valence-electron chi connectivity index (χ2n) is 3.44. The Kier molecular flexibility index (Phi) is 4.16. The van der Waals surface area contributed by atoms with Gasteiger partial charge in [-0.1, -0.05) is 29.8 Å². The molecule has 17 heavy (non-hydrogen) atoms. The Labute approximate surface area is 107 Å². The Hall–Kier alpha value is -1.07. The van der Waals surface area contributed by atoms with Crippen LogP contribution in [0.5, 0.6) is 0 Å². The Balaban J connectivity index is 0.00000144. The molecule has 1 amide bonds. The van der Waals surface area contributed by atoms with Crippen molar-refractivity contribution in [2.75, 3.05) is 6.61 Å². The highest BCUT2D eigenvalue weighted by molar-refractivity contribution is 6.31. The number of alkyl halides is 2. The van der Waals surface area contributed by atoms with Crippen molar-refractivity contribution in [1.29, 1.82) is 0 Å². The minimum atomic E-state index is -3.17. The molecule has 1 aromatic carbocycles. The maximum absolute atomic E-state index is 13.5. The molecule has 1 heterocycles. The lowest BCUT2D eigenvalue weighted by Gasteiger charge is -2.32. The van der Waals surface area contributed by atoms with Gasteiger partial charge in [-0.05, 0) is 11.6 Å². The van der Waals surface area contributed by atoms with Crippen LogP contribution in [-0.4, -0.2) is 18.6 Å². The minimum Gasteiger partial charge on any atom is -0.443 e. The van der Waals surface area contributed by atoms with E-state index in [0.29, 0.717) is 0 Å². The number of amides is 1. The summed E-state index contributed by atoms with van der Waals surface area (Å²) in [6.45, 7) is -0.936. The number of hydrogen-bond donors (Lipinski definition) is 1. The van der Waals surface area contributed by atoms with E-state index in [9.17, 15) is 13.6 Å². The van der Waals surface area contributed by atoms with E-state index in [4.69, 9.17) is 11.6 Å². The van der Waals surface area contributed by atoms with Crippen molar-refractivity contribution < 1.29 is 18.3 Å². The largest absolute Gasteiger partial charge is 0.443 e. The van der Waals surface area contributed by atoms with Crippen LogP contribution in [0.15, 0.2) is 24.3 Å². The predicted molar refractivity (Wildman–Crippen MR) is 60.9 cm³/mol. The van der Waals surface area contributed by atoms with Gasteiger partial charge in [-0.25, -0.2) is 13.6 Å². The highest BCUT2D eigenvalue weighted by atomic mass is 35.5. The molecule has 0 unspecified atom stereocenters. The Morgan fingerprint density at radius 2 is 2.06 bits per heavy atom. The van der Waals surface area contributed by atoms with E-state index < -0.39 is 24.7 Å². The summed E-state index contributed by atoms with van der Waals surface area (Å²) >= 11 is 5.81. The van der Waals surface area contributed by atoms with Gasteiger partial charge >= 0.3 is 12.0 Å². The van der Waals surface area contributed by atoms with Crippen molar-refractivity contribution in [1.82, 2.24) is 5.32 Å². The van der Waals surface area contributed by atoms with E-state index in [1.54, 1.807) is 12.1 Å². The lowest BCUT2D eigenvalue weighted by atomic mass is 10.0. The van der Waals surface area contributed by atoms with Crippen molar-refractivity contribution in [2.45, 2.75) is 12.0 Å². The molecule has 1 saturated heterocycles. The van der Waals surface area contributed by atoms with E-state index in [1.165, 1.54) is 12.1 Å². The molecule has 1 fully saturated rings. The zero-order chi connectivity index (χ0) is 11.8. The first-order valence-electron chi connectivity index (χ1n) is 4.56. The van der Waals surface area contributed by atoms with Crippen LogP contribution in [0, 0.1) is 0 Å². The van der Waals surface area contributed by atoms with Gasteiger partial charge in [0.2, 0.25) is 0 Å². The van der Waals surface area contributed by atoms with E-state index in [0.717, 1.165) is 0 Å². The summed E-state index contributed by atoms with van der Waals surface area (Å²) in [5, 5.41) is 2.26. The fourth-order valence-electron chi connectivity index (χ4n) is 1.52. The van der Waals surface area contributed by atoms with Gasteiger partial charge in [0, 0.05) is 5.02 Å². The summed E-state index contributed by atoms with van der Waals surface area (Å²) in [5.41, 5.74) is 0.186. The molecule has 0 saturated carbocycles. The summed E-state index contributed by atoms with van der Waals surface area (Å²) in [6, 6.07) is 4.72. The first kappa shape index (κ1) is 14.0. The second-order valence-corrected chi connectivity index (χ2v) is 3.84. The molecule has 0 bridgehead atoms. The molecule has 2 rings (SSSR count). The molecule has 1 atom stereocenters. The molecule has 1 N–H and O–H groups in total. The number of benzene rings is 1. The monoisotopic (exact) mass is 283 g/mol. The van der Waals surface area contributed by atoms with Crippen molar-refractivity contribution in [3.63, 3.8) is 0 Å². The quantitative estimate of drug-likeness (QED) is 0.860. The topological polar surface area (TPSA) is 38.3 Å². The number of ether oxygens (including phenoxy) is 1. The van der Waals surface area contributed by atoms with E-state index in [2.05, 4.69) is 10.1 Å². The first-order valence-corrected chi connectivity index (χ1v) is 4.94. The van der Waals surface area contributed by atoms with Gasteiger partial charge in [0.15, 0.2) is 6.61 Å². The molecule has 1 aliphatic heterocycles. The van der Waals surface area contributed by atoms with Crippen molar-refractivity contribution in [3.8, 4) is 0 Å². The van der Waals surface area contributed by atoms with Crippen LogP contribution in [0.4, 0.5) is 13.6 Å². The molecular weight excluding hydrogens is 275 g/mol. The minimum absolute atomic E-state index is 0. The van der Waals surface area contributed by atoms with Crippen LogP contribution >= 0.6 is 24.0 Å². The predicted octanol–water partition coefficient (Wildman–Crippen LogP) is 3.18. The molecule has 7 heteroatoms. The lowest BCUT2D eigenvalue weighted by molar-refractivity contribution is -0.104. The molecule has 0 aromatic heterocycles.